The molecular weight excluding hydrogens is 244 g/mol. The first-order chi connectivity index (χ1) is 9.09. The second-order valence-corrected chi connectivity index (χ2v) is 4.75. The Morgan fingerprint density at radius 2 is 2.21 bits per heavy atom. The van der Waals surface area contributed by atoms with Gasteiger partial charge in [0.2, 0.25) is 11.8 Å². The number of imidazole rings is 1. The molecule has 2 heterocycles. The van der Waals surface area contributed by atoms with Gasteiger partial charge in [-0.05, 0) is 12.1 Å². The van der Waals surface area contributed by atoms with E-state index in [1.54, 1.807) is 0 Å². The van der Waals surface area contributed by atoms with Crippen LogP contribution in [0.25, 0.3) is 11.0 Å². The van der Waals surface area contributed by atoms with Gasteiger partial charge >= 0.3 is 0 Å². The third kappa shape index (κ3) is 1.68. The Labute approximate surface area is 109 Å². The summed E-state index contributed by atoms with van der Waals surface area (Å²) in [5, 5.41) is 2.68. The molecule has 2 atom stereocenters. The van der Waals surface area contributed by atoms with Crippen LogP contribution in [0.15, 0.2) is 24.3 Å². The van der Waals surface area contributed by atoms with Gasteiger partial charge in [0, 0.05) is 13.6 Å². The summed E-state index contributed by atoms with van der Waals surface area (Å²) in [5.74, 6) is -1.35. The molecule has 3 N–H and O–H groups in total. The van der Waals surface area contributed by atoms with Gasteiger partial charge in [0.15, 0.2) is 0 Å². The van der Waals surface area contributed by atoms with E-state index in [0.29, 0.717) is 12.4 Å². The van der Waals surface area contributed by atoms with E-state index in [9.17, 15) is 9.59 Å². The normalized spacial score (nSPS) is 22.7. The maximum atomic E-state index is 11.7. The van der Waals surface area contributed by atoms with Gasteiger partial charge in [0.1, 0.15) is 11.7 Å². The highest BCUT2D eigenvalue weighted by Gasteiger charge is 2.42. The average molecular weight is 258 g/mol. The molecule has 6 nitrogen and oxygen atoms in total. The number of primary amides is 1. The van der Waals surface area contributed by atoms with Crippen molar-refractivity contribution in [3.63, 3.8) is 0 Å². The molecule has 1 aromatic carbocycles. The number of rotatable bonds is 2. The number of hydrogen-bond acceptors (Lipinski definition) is 3. The maximum absolute atomic E-state index is 11.7. The SMILES string of the molecule is Cn1c(C2CNC(=O)C2C(N)=O)nc2ccccc21. The minimum atomic E-state index is -0.837. The standard InChI is InChI=1S/C13H14N4O2/c1-17-9-5-3-2-4-8(9)16-12(17)7-6-15-13(19)10(7)11(14)18/h2-5,7,10H,6H2,1H3,(H2,14,18)(H,15,19). The van der Waals surface area contributed by atoms with Gasteiger partial charge in [-0.3, -0.25) is 9.59 Å². The number of aromatic nitrogens is 2. The zero-order chi connectivity index (χ0) is 13.6. The highest BCUT2D eigenvalue weighted by molar-refractivity contribution is 6.02. The molecule has 0 saturated carbocycles. The summed E-state index contributed by atoms with van der Waals surface area (Å²) >= 11 is 0. The number of nitrogens with one attached hydrogen (secondary N) is 1. The van der Waals surface area contributed by atoms with Crippen LogP contribution in [0.4, 0.5) is 0 Å². The fourth-order valence-corrected chi connectivity index (χ4v) is 2.68. The Morgan fingerprint density at radius 3 is 2.89 bits per heavy atom. The number of carbonyl (C=O) groups excluding carboxylic acids is 2. The van der Waals surface area contributed by atoms with E-state index >= 15 is 0 Å². The predicted molar refractivity (Wildman–Crippen MR) is 69.1 cm³/mol. The van der Waals surface area contributed by atoms with Crippen molar-refractivity contribution in [3.05, 3.63) is 30.1 Å². The molecule has 0 aliphatic carbocycles. The summed E-state index contributed by atoms with van der Waals surface area (Å²) in [4.78, 5) is 27.6. The molecule has 1 aliphatic heterocycles. The van der Waals surface area contributed by atoms with Crippen molar-refractivity contribution in [1.82, 2.24) is 14.9 Å². The highest BCUT2D eigenvalue weighted by atomic mass is 16.2. The van der Waals surface area contributed by atoms with E-state index in [1.165, 1.54) is 0 Å². The van der Waals surface area contributed by atoms with Crippen LogP contribution in [0, 0.1) is 5.92 Å². The van der Waals surface area contributed by atoms with Crippen molar-refractivity contribution in [2.45, 2.75) is 5.92 Å². The zero-order valence-corrected chi connectivity index (χ0v) is 10.5. The van der Waals surface area contributed by atoms with E-state index in [4.69, 9.17) is 5.73 Å². The van der Waals surface area contributed by atoms with Gasteiger partial charge in [-0.25, -0.2) is 4.98 Å². The van der Waals surface area contributed by atoms with E-state index in [1.807, 2.05) is 35.9 Å². The number of amides is 2. The summed E-state index contributed by atoms with van der Waals surface area (Å²) in [6, 6.07) is 7.69. The molecule has 2 amide bonds. The highest BCUT2D eigenvalue weighted by Crippen LogP contribution is 2.30. The van der Waals surface area contributed by atoms with E-state index in [2.05, 4.69) is 10.3 Å². The first kappa shape index (κ1) is 11.7. The number of aryl methyl sites for hydroxylation is 1. The molecule has 1 aliphatic rings. The summed E-state index contributed by atoms with van der Waals surface area (Å²) < 4.78 is 1.91. The summed E-state index contributed by atoms with van der Waals surface area (Å²) in [6.45, 7) is 0.392. The first-order valence-electron chi connectivity index (χ1n) is 6.08. The fraction of sp³-hybridized carbons (Fsp3) is 0.308. The lowest BCUT2D eigenvalue weighted by molar-refractivity contribution is -0.131. The maximum Gasteiger partial charge on any atom is 0.233 e. The van der Waals surface area contributed by atoms with Crippen LogP contribution in [0.5, 0.6) is 0 Å². The lowest BCUT2D eigenvalue weighted by atomic mass is 9.94. The molecule has 1 saturated heterocycles. The van der Waals surface area contributed by atoms with Crippen molar-refractivity contribution in [2.75, 3.05) is 6.54 Å². The second-order valence-electron chi connectivity index (χ2n) is 4.75. The van der Waals surface area contributed by atoms with Crippen molar-refractivity contribution in [1.29, 1.82) is 0 Å². The van der Waals surface area contributed by atoms with E-state index in [0.717, 1.165) is 11.0 Å². The summed E-state index contributed by atoms with van der Waals surface area (Å²) in [6.07, 6.45) is 0. The van der Waals surface area contributed by atoms with Crippen LogP contribution in [0.2, 0.25) is 0 Å². The topological polar surface area (TPSA) is 90.0 Å². The molecule has 3 rings (SSSR count). The van der Waals surface area contributed by atoms with Crippen molar-refractivity contribution in [2.24, 2.45) is 18.7 Å². The van der Waals surface area contributed by atoms with Gasteiger partial charge in [-0.1, -0.05) is 12.1 Å². The Balaban J connectivity index is 2.11. The largest absolute Gasteiger partial charge is 0.369 e. The van der Waals surface area contributed by atoms with Crippen molar-refractivity contribution >= 4 is 22.8 Å². The number of nitrogens with zero attached hydrogens (tertiary/aromatic N) is 2. The average Bonchev–Trinajstić information content (AvgIpc) is 2.91. The number of carbonyl (C=O) groups is 2. The summed E-state index contributed by atoms with van der Waals surface area (Å²) in [5.41, 5.74) is 7.15. The molecule has 2 aromatic rings. The van der Waals surface area contributed by atoms with Crippen LogP contribution < -0.4 is 11.1 Å². The number of nitrogens with two attached hydrogens (primary N) is 1. The van der Waals surface area contributed by atoms with E-state index < -0.39 is 11.8 Å². The molecule has 6 heteroatoms. The predicted octanol–water partition coefficient (Wildman–Crippen LogP) is -0.112. The van der Waals surface area contributed by atoms with E-state index in [-0.39, 0.29) is 11.8 Å². The van der Waals surface area contributed by atoms with Crippen LogP contribution in [-0.4, -0.2) is 27.9 Å². The summed E-state index contributed by atoms with van der Waals surface area (Å²) in [7, 11) is 1.88. The monoisotopic (exact) mass is 258 g/mol. The first-order valence-corrected chi connectivity index (χ1v) is 6.08. The number of benzene rings is 1. The Kier molecular flexibility index (Phi) is 2.51. The number of fused-ring (bicyclic) bond motifs is 1. The van der Waals surface area contributed by atoms with Crippen molar-refractivity contribution in [3.8, 4) is 0 Å². The molecule has 19 heavy (non-hydrogen) atoms. The van der Waals surface area contributed by atoms with Crippen LogP contribution >= 0.6 is 0 Å². The third-order valence-corrected chi connectivity index (χ3v) is 3.64. The van der Waals surface area contributed by atoms with Gasteiger partial charge in [-0.2, -0.15) is 0 Å². The lowest BCUT2D eigenvalue weighted by Gasteiger charge is -2.13. The molecule has 0 spiro atoms. The van der Waals surface area contributed by atoms with Gasteiger partial charge in [0.05, 0.1) is 17.0 Å². The molecule has 2 unspecified atom stereocenters. The third-order valence-electron chi connectivity index (χ3n) is 3.64. The molecule has 0 bridgehead atoms. The lowest BCUT2D eigenvalue weighted by Crippen LogP contribution is -2.33. The Hall–Kier alpha value is -2.37. The zero-order valence-electron chi connectivity index (χ0n) is 10.5. The second kappa shape index (κ2) is 4.08. The quantitative estimate of drug-likeness (QED) is 0.736. The van der Waals surface area contributed by atoms with Crippen LogP contribution in [-0.2, 0) is 16.6 Å². The molecule has 1 fully saturated rings. The Morgan fingerprint density at radius 1 is 1.47 bits per heavy atom. The molecule has 1 aromatic heterocycles. The number of hydrogen-bond donors (Lipinski definition) is 2. The fourth-order valence-electron chi connectivity index (χ4n) is 2.68. The van der Waals surface area contributed by atoms with Gasteiger partial charge < -0.3 is 15.6 Å². The number of para-hydroxylation sites is 2. The Bertz CT molecular complexity index is 676. The van der Waals surface area contributed by atoms with Gasteiger partial charge in [0.25, 0.3) is 0 Å². The smallest absolute Gasteiger partial charge is 0.233 e. The molecule has 98 valence electrons. The minimum absolute atomic E-state index is 0.303. The van der Waals surface area contributed by atoms with Crippen LogP contribution in [0.3, 0.4) is 0 Å². The minimum Gasteiger partial charge on any atom is -0.369 e. The molecular formula is C13H14N4O2. The van der Waals surface area contributed by atoms with Gasteiger partial charge in [-0.15, -0.1) is 0 Å². The van der Waals surface area contributed by atoms with Crippen molar-refractivity contribution < 1.29 is 9.59 Å². The van der Waals surface area contributed by atoms with Crippen LogP contribution in [0.1, 0.15) is 11.7 Å². The molecule has 0 radical (unpaired) electrons.